The first-order valence-corrected chi connectivity index (χ1v) is 9.14. The van der Waals surface area contributed by atoms with Crippen molar-refractivity contribution in [3.8, 4) is 5.75 Å². The average Bonchev–Trinajstić information content (AvgIpc) is 2.67. The molecule has 0 atom stereocenters. The molecular formula is C20H20N2O2S. The van der Waals surface area contributed by atoms with E-state index in [0.29, 0.717) is 5.56 Å². The highest BCUT2D eigenvalue weighted by molar-refractivity contribution is 8.14. The van der Waals surface area contributed by atoms with Gasteiger partial charge in [0.15, 0.2) is 11.0 Å². The van der Waals surface area contributed by atoms with Crippen molar-refractivity contribution in [2.45, 2.75) is 6.42 Å². The third kappa shape index (κ3) is 4.73. The van der Waals surface area contributed by atoms with Gasteiger partial charge < -0.3 is 10.1 Å². The number of anilines is 1. The van der Waals surface area contributed by atoms with E-state index < -0.39 is 0 Å². The first-order valence-electron chi connectivity index (χ1n) is 8.16. The Balaban J connectivity index is 1.66. The Morgan fingerprint density at radius 1 is 1.20 bits per heavy atom. The van der Waals surface area contributed by atoms with Crippen LogP contribution >= 0.6 is 11.8 Å². The highest BCUT2D eigenvalue weighted by Crippen LogP contribution is 2.20. The summed E-state index contributed by atoms with van der Waals surface area (Å²) in [6.07, 6.45) is 4.48. The van der Waals surface area contributed by atoms with E-state index in [1.54, 1.807) is 31.0 Å². The number of rotatable bonds is 5. The Kier molecular flexibility index (Phi) is 5.90. The molecule has 1 aliphatic heterocycles. The van der Waals surface area contributed by atoms with Crippen LogP contribution in [0.1, 0.15) is 22.3 Å². The lowest BCUT2D eigenvalue weighted by Crippen LogP contribution is -2.13. The number of hydrogen-bond donors (Lipinski definition) is 1. The topological polar surface area (TPSA) is 50.7 Å². The first-order chi connectivity index (χ1) is 12.3. The van der Waals surface area contributed by atoms with Crippen molar-refractivity contribution in [1.82, 2.24) is 0 Å². The number of nitrogens with one attached hydrogen (secondary N) is 1. The molecule has 2 aromatic carbocycles. The Labute approximate surface area is 152 Å². The molecule has 1 N–H and O–H groups in total. The number of hydrogen-bond acceptors (Lipinski definition) is 5. The number of carbonyl (C=O) groups is 1. The second-order valence-corrected chi connectivity index (χ2v) is 6.61. The number of allylic oxidation sites excluding steroid dienone is 1. The van der Waals surface area contributed by atoms with Gasteiger partial charge in [-0.25, -0.2) is 0 Å². The van der Waals surface area contributed by atoms with Gasteiger partial charge in [-0.2, -0.15) is 0 Å². The zero-order chi connectivity index (χ0) is 17.5. The fraction of sp³-hybridized carbons (Fsp3) is 0.200. The number of benzene rings is 2. The van der Waals surface area contributed by atoms with Gasteiger partial charge in [0, 0.05) is 29.1 Å². The summed E-state index contributed by atoms with van der Waals surface area (Å²) in [5.41, 5.74) is 2.47. The molecule has 1 aliphatic rings. The summed E-state index contributed by atoms with van der Waals surface area (Å²) in [6, 6.07) is 15.1. The maximum Gasteiger partial charge on any atom is 0.185 e. The molecule has 0 bridgehead atoms. The Bertz CT molecular complexity index is 798. The van der Waals surface area contributed by atoms with Gasteiger partial charge in [-0.05, 0) is 48.9 Å². The van der Waals surface area contributed by atoms with Crippen molar-refractivity contribution in [3.05, 3.63) is 65.7 Å². The van der Waals surface area contributed by atoms with Crippen molar-refractivity contribution in [2.24, 2.45) is 4.99 Å². The van der Waals surface area contributed by atoms with Crippen molar-refractivity contribution in [2.75, 3.05) is 24.7 Å². The van der Waals surface area contributed by atoms with E-state index in [4.69, 9.17) is 4.74 Å². The summed E-state index contributed by atoms with van der Waals surface area (Å²) in [6.45, 7) is 0.875. The van der Waals surface area contributed by atoms with E-state index in [-0.39, 0.29) is 5.78 Å². The van der Waals surface area contributed by atoms with Crippen LogP contribution in [0.25, 0.3) is 6.08 Å². The second kappa shape index (κ2) is 8.53. The van der Waals surface area contributed by atoms with E-state index >= 15 is 0 Å². The molecule has 4 nitrogen and oxygen atoms in total. The normalized spacial score (nSPS) is 14.2. The number of amidine groups is 1. The lowest BCUT2D eigenvalue weighted by atomic mass is 10.1. The maximum absolute atomic E-state index is 12.3. The monoisotopic (exact) mass is 352 g/mol. The number of methoxy groups -OCH3 is 1. The predicted molar refractivity (Wildman–Crippen MR) is 106 cm³/mol. The molecule has 25 heavy (non-hydrogen) atoms. The van der Waals surface area contributed by atoms with E-state index in [9.17, 15) is 4.79 Å². The summed E-state index contributed by atoms with van der Waals surface area (Å²) in [7, 11) is 1.62. The van der Waals surface area contributed by atoms with Crippen LogP contribution in [-0.2, 0) is 0 Å². The fourth-order valence-corrected chi connectivity index (χ4v) is 3.28. The fourth-order valence-electron chi connectivity index (χ4n) is 2.44. The second-order valence-electron chi connectivity index (χ2n) is 5.53. The molecule has 0 aromatic heterocycles. The summed E-state index contributed by atoms with van der Waals surface area (Å²) in [4.78, 5) is 16.8. The van der Waals surface area contributed by atoms with Gasteiger partial charge in [0.2, 0.25) is 0 Å². The van der Waals surface area contributed by atoms with Crippen LogP contribution in [0, 0.1) is 0 Å². The van der Waals surface area contributed by atoms with Crippen LogP contribution in [0.2, 0.25) is 0 Å². The van der Waals surface area contributed by atoms with E-state index in [0.717, 1.165) is 40.9 Å². The lowest BCUT2D eigenvalue weighted by molar-refractivity contribution is 0.104. The summed E-state index contributed by atoms with van der Waals surface area (Å²) in [5.74, 6) is 1.80. The zero-order valence-corrected chi connectivity index (χ0v) is 14.9. The third-order valence-electron chi connectivity index (χ3n) is 3.77. The van der Waals surface area contributed by atoms with E-state index in [2.05, 4.69) is 10.3 Å². The van der Waals surface area contributed by atoms with Gasteiger partial charge in [0.05, 0.1) is 7.11 Å². The maximum atomic E-state index is 12.3. The Hall–Kier alpha value is -2.53. The van der Waals surface area contributed by atoms with Gasteiger partial charge >= 0.3 is 0 Å². The molecule has 0 saturated carbocycles. The number of para-hydroxylation sites is 1. The minimum absolute atomic E-state index is 0.0400. The van der Waals surface area contributed by atoms with Gasteiger partial charge in [0.1, 0.15) is 5.75 Å². The van der Waals surface area contributed by atoms with E-state index in [1.165, 1.54) is 0 Å². The van der Waals surface area contributed by atoms with Gasteiger partial charge in [-0.15, -0.1) is 0 Å². The molecule has 3 rings (SSSR count). The van der Waals surface area contributed by atoms with Crippen molar-refractivity contribution in [3.63, 3.8) is 0 Å². The quantitative estimate of drug-likeness (QED) is 0.636. The number of aliphatic imine (C=N–C) groups is 1. The van der Waals surface area contributed by atoms with Crippen LogP contribution in [-0.4, -0.2) is 30.4 Å². The molecule has 2 aromatic rings. The minimum Gasteiger partial charge on any atom is -0.496 e. The third-order valence-corrected chi connectivity index (χ3v) is 4.77. The van der Waals surface area contributed by atoms with Crippen LogP contribution in [0.3, 0.4) is 0 Å². The zero-order valence-electron chi connectivity index (χ0n) is 14.1. The van der Waals surface area contributed by atoms with Crippen LogP contribution < -0.4 is 10.1 Å². The molecule has 5 heteroatoms. The highest BCUT2D eigenvalue weighted by Gasteiger charge is 2.07. The van der Waals surface area contributed by atoms with Crippen molar-refractivity contribution in [1.29, 1.82) is 0 Å². The van der Waals surface area contributed by atoms with Crippen LogP contribution in [0.5, 0.6) is 5.75 Å². The van der Waals surface area contributed by atoms with Gasteiger partial charge in [-0.1, -0.05) is 30.0 Å². The number of thioether (sulfide) groups is 1. The molecule has 0 fully saturated rings. The average molecular weight is 352 g/mol. The molecule has 0 radical (unpaired) electrons. The molecule has 0 spiro atoms. The van der Waals surface area contributed by atoms with Crippen molar-refractivity contribution < 1.29 is 9.53 Å². The molecule has 0 amide bonds. The first kappa shape index (κ1) is 17.3. The van der Waals surface area contributed by atoms with Gasteiger partial charge in [-0.3, -0.25) is 9.79 Å². The molecule has 0 aliphatic carbocycles. The SMILES string of the molecule is COc1ccccc1/C=C/C(=O)c1ccc(NC2=NCCCS2)cc1. The molecule has 128 valence electrons. The smallest absolute Gasteiger partial charge is 0.185 e. The largest absolute Gasteiger partial charge is 0.496 e. The van der Waals surface area contributed by atoms with Gasteiger partial charge in [0.25, 0.3) is 0 Å². The minimum atomic E-state index is -0.0400. The number of ketones is 1. The lowest BCUT2D eigenvalue weighted by Gasteiger charge is -2.13. The number of carbonyl (C=O) groups excluding carboxylic acids is 1. The van der Waals surface area contributed by atoms with Crippen LogP contribution in [0.4, 0.5) is 5.69 Å². The number of ether oxygens (including phenoxy) is 1. The van der Waals surface area contributed by atoms with Crippen LogP contribution in [0.15, 0.2) is 59.6 Å². The predicted octanol–water partition coefficient (Wildman–Crippen LogP) is 4.50. The molecule has 0 saturated heterocycles. The van der Waals surface area contributed by atoms with Crippen molar-refractivity contribution >= 4 is 34.5 Å². The molecule has 0 unspecified atom stereocenters. The number of nitrogens with zero attached hydrogens (tertiary/aromatic N) is 1. The summed E-state index contributed by atoms with van der Waals surface area (Å²) < 4.78 is 5.29. The molecular weight excluding hydrogens is 332 g/mol. The standard InChI is InChI=1S/C20H20N2O2S/c1-24-19-6-3-2-5-16(19)9-12-18(23)15-7-10-17(11-8-15)22-20-21-13-4-14-25-20/h2-3,5-12H,4,13-14H2,1H3,(H,21,22)/b12-9+. The van der Waals surface area contributed by atoms with E-state index in [1.807, 2.05) is 48.5 Å². The Morgan fingerprint density at radius 3 is 2.72 bits per heavy atom. The summed E-state index contributed by atoms with van der Waals surface area (Å²) in [5, 5.41) is 4.23. The highest BCUT2D eigenvalue weighted by atomic mass is 32.2. The Morgan fingerprint density at radius 2 is 2.00 bits per heavy atom. The molecule has 1 heterocycles. The summed E-state index contributed by atoms with van der Waals surface area (Å²) >= 11 is 1.73.